The number of hydrogen-bond acceptors (Lipinski definition) is 5. The number of ether oxygens (including phenoxy) is 1. The van der Waals surface area contributed by atoms with Crippen molar-refractivity contribution in [1.82, 2.24) is 14.8 Å². The van der Waals surface area contributed by atoms with E-state index in [0.29, 0.717) is 38.5 Å². The molecule has 0 aliphatic carbocycles. The number of anilines is 1. The Balaban J connectivity index is 1.42. The zero-order valence-electron chi connectivity index (χ0n) is 16.7. The number of aromatic nitrogens is 1. The summed E-state index contributed by atoms with van der Waals surface area (Å²) in [6.45, 7) is 5.84. The van der Waals surface area contributed by atoms with Crippen LogP contribution >= 0.6 is 0 Å². The first kappa shape index (κ1) is 19.2. The number of amides is 2. The summed E-state index contributed by atoms with van der Waals surface area (Å²) in [6, 6.07) is 12.3. The molecule has 2 amide bonds. The maximum atomic E-state index is 12.9. The zero-order chi connectivity index (χ0) is 20.2. The van der Waals surface area contributed by atoms with Gasteiger partial charge in [0.05, 0.1) is 6.61 Å². The van der Waals surface area contributed by atoms with Crippen molar-refractivity contribution in [2.75, 3.05) is 44.2 Å². The van der Waals surface area contributed by atoms with Crippen LogP contribution in [0.15, 0.2) is 42.6 Å². The third kappa shape index (κ3) is 4.18. The van der Waals surface area contributed by atoms with Crippen molar-refractivity contribution in [1.29, 1.82) is 0 Å². The highest BCUT2D eigenvalue weighted by Crippen LogP contribution is 2.25. The molecular weight excluding hydrogens is 368 g/mol. The van der Waals surface area contributed by atoms with E-state index in [1.807, 2.05) is 12.1 Å². The van der Waals surface area contributed by atoms with Crippen LogP contribution in [-0.2, 0) is 17.7 Å². The van der Waals surface area contributed by atoms with Gasteiger partial charge in [-0.3, -0.25) is 9.78 Å². The number of rotatable bonds is 3. The van der Waals surface area contributed by atoms with Crippen molar-refractivity contribution in [2.45, 2.75) is 19.9 Å². The highest BCUT2D eigenvalue weighted by atomic mass is 16.6. The van der Waals surface area contributed by atoms with E-state index in [9.17, 15) is 9.59 Å². The lowest BCUT2D eigenvalue weighted by Crippen LogP contribution is -2.50. The summed E-state index contributed by atoms with van der Waals surface area (Å²) < 4.78 is 5.04. The first-order valence-corrected chi connectivity index (χ1v) is 10.1. The van der Waals surface area contributed by atoms with Crippen LogP contribution in [0.2, 0.25) is 0 Å². The quantitative estimate of drug-likeness (QED) is 0.801. The minimum absolute atomic E-state index is 0.0900. The van der Waals surface area contributed by atoms with Crippen LogP contribution in [0.25, 0.3) is 0 Å². The number of fused-ring (bicyclic) bond motifs is 1. The summed E-state index contributed by atoms with van der Waals surface area (Å²) in [6.07, 6.45) is 2.39. The molecule has 1 aromatic heterocycles. The Morgan fingerprint density at radius 3 is 2.48 bits per heavy atom. The summed E-state index contributed by atoms with van der Waals surface area (Å²) in [7, 11) is 0. The van der Waals surface area contributed by atoms with Gasteiger partial charge in [-0.2, -0.15) is 0 Å². The third-order valence-electron chi connectivity index (χ3n) is 5.55. The second-order valence-corrected chi connectivity index (χ2v) is 7.32. The maximum Gasteiger partial charge on any atom is 0.409 e. The lowest BCUT2D eigenvalue weighted by molar-refractivity contribution is 0.0566. The number of benzene rings is 1. The van der Waals surface area contributed by atoms with Gasteiger partial charge in [-0.1, -0.05) is 24.3 Å². The molecule has 3 heterocycles. The molecule has 0 N–H and O–H groups in total. The van der Waals surface area contributed by atoms with Gasteiger partial charge in [0.1, 0.15) is 5.69 Å². The molecule has 7 nitrogen and oxygen atoms in total. The molecule has 1 saturated heterocycles. The van der Waals surface area contributed by atoms with Crippen molar-refractivity contribution in [3.8, 4) is 0 Å². The molecule has 0 spiro atoms. The van der Waals surface area contributed by atoms with Crippen LogP contribution in [0.1, 0.15) is 28.5 Å². The van der Waals surface area contributed by atoms with E-state index in [0.717, 1.165) is 25.2 Å². The second-order valence-electron chi connectivity index (χ2n) is 7.32. The SMILES string of the molecule is CCOC(=O)N1CCN(C(=O)c2cc(N3CCc4ccccc4C3)ccn2)CC1. The van der Waals surface area contributed by atoms with E-state index in [2.05, 4.69) is 34.1 Å². The Morgan fingerprint density at radius 1 is 1.00 bits per heavy atom. The summed E-state index contributed by atoms with van der Waals surface area (Å²) in [5.74, 6) is -0.0900. The van der Waals surface area contributed by atoms with Crippen molar-refractivity contribution >= 4 is 17.7 Å². The summed E-state index contributed by atoms with van der Waals surface area (Å²) >= 11 is 0. The summed E-state index contributed by atoms with van der Waals surface area (Å²) in [4.78, 5) is 34.8. The van der Waals surface area contributed by atoms with Crippen LogP contribution in [0.5, 0.6) is 0 Å². The van der Waals surface area contributed by atoms with Crippen LogP contribution in [0.3, 0.4) is 0 Å². The molecule has 0 bridgehead atoms. The van der Waals surface area contributed by atoms with E-state index in [4.69, 9.17) is 4.74 Å². The molecule has 0 atom stereocenters. The molecule has 7 heteroatoms. The normalized spacial score (nSPS) is 16.4. The molecular formula is C22H26N4O3. The van der Waals surface area contributed by atoms with Crippen LogP contribution in [-0.4, -0.2) is 66.1 Å². The first-order chi connectivity index (χ1) is 14.2. The molecule has 2 aromatic rings. The lowest BCUT2D eigenvalue weighted by Gasteiger charge is -2.34. The Kier molecular flexibility index (Phi) is 5.64. The molecule has 2 aliphatic rings. The second kappa shape index (κ2) is 8.51. The van der Waals surface area contributed by atoms with Crippen LogP contribution in [0, 0.1) is 0 Å². The molecule has 2 aliphatic heterocycles. The molecule has 152 valence electrons. The molecule has 4 rings (SSSR count). The van der Waals surface area contributed by atoms with Crippen molar-refractivity contribution in [3.05, 3.63) is 59.4 Å². The largest absolute Gasteiger partial charge is 0.450 e. The van der Waals surface area contributed by atoms with Crippen LogP contribution in [0.4, 0.5) is 10.5 Å². The number of nitrogens with zero attached hydrogens (tertiary/aromatic N) is 4. The smallest absolute Gasteiger partial charge is 0.409 e. The van der Waals surface area contributed by atoms with Gasteiger partial charge < -0.3 is 19.4 Å². The molecule has 1 aromatic carbocycles. The average molecular weight is 394 g/mol. The summed E-state index contributed by atoms with van der Waals surface area (Å²) in [5, 5.41) is 0. The third-order valence-corrected chi connectivity index (χ3v) is 5.55. The zero-order valence-corrected chi connectivity index (χ0v) is 16.7. The minimum Gasteiger partial charge on any atom is -0.450 e. The maximum absolute atomic E-state index is 12.9. The molecule has 29 heavy (non-hydrogen) atoms. The number of pyridine rings is 1. The van der Waals surface area contributed by atoms with Gasteiger partial charge in [-0.15, -0.1) is 0 Å². The predicted molar refractivity (Wildman–Crippen MR) is 110 cm³/mol. The Bertz CT molecular complexity index is 893. The number of piperazine rings is 1. The topological polar surface area (TPSA) is 66.0 Å². The Hall–Kier alpha value is -3.09. The van der Waals surface area contributed by atoms with Gasteiger partial charge in [-0.05, 0) is 36.6 Å². The van der Waals surface area contributed by atoms with Crippen LogP contribution < -0.4 is 4.90 Å². The molecule has 0 unspecified atom stereocenters. The van der Waals surface area contributed by atoms with Crippen molar-refractivity contribution in [3.63, 3.8) is 0 Å². The fourth-order valence-electron chi connectivity index (χ4n) is 3.92. The monoisotopic (exact) mass is 394 g/mol. The Labute approximate surface area is 170 Å². The van der Waals surface area contributed by atoms with Crippen molar-refractivity contribution in [2.24, 2.45) is 0 Å². The van der Waals surface area contributed by atoms with Gasteiger partial charge in [-0.25, -0.2) is 4.79 Å². The molecule has 0 saturated carbocycles. The number of carbonyl (C=O) groups excluding carboxylic acids is 2. The predicted octanol–water partition coefficient (Wildman–Crippen LogP) is 2.56. The van der Waals surface area contributed by atoms with Crippen molar-refractivity contribution < 1.29 is 14.3 Å². The lowest BCUT2D eigenvalue weighted by atomic mass is 9.99. The van der Waals surface area contributed by atoms with E-state index in [1.54, 1.807) is 22.9 Å². The molecule has 0 radical (unpaired) electrons. The van der Waals surface area contributed by atoms with Gasteiger partial charge in [0.25, 0.3) is 5.91 Å². The van der Waals surface area contributed by atoms with Gasteiger partial charge in [0, 0.05) is 51.2 Å². The standard InChI is InChI=1S/C22H26N4O3/c1-2-29-22(28)25-13-11-24(12-14-25)21(27)20-15-19(7-9-23-20)26-10-8-17-5-3-4-6-18(17)16-26/h3-7,9,15H,2,8,10-14,16H2,1H3. The Morgan fingerprint density at radius 2 is 1.72 bits per heavy atom. The minimum atomic E-state index is -0.315. The van der Waals surface area contributed by atoms with Gasteiger partial charge >= 0.3 is 6.09 Å². The average Bonchev–Trinajstić information content (AvgIpc) is 2.78. The van der Waals surface area contributed by atoms with Gasteiger partial charge in [0.2, 0.25) is 0 Å². The number of carbonyl (C=O) groups is 2. The fourth-order valence-corrected chi connectivity index (χ4v) is 3.92. The number of hydrogen-bond donors (Lipinski definition) is 0. The van der Waals surface area contributed by atoms with E-state index < -0.39 is 0 Å². The highest BCUT2D eigenvalue weighted by Gasteiger charge is 2.26. The summed E-state index contributed by atoms with van der Waals surface area (Å²) in [5.41, 5.74) is 4.20. The van der Waals surface area contributed by atoms with Gasteiger partial charge in [0.15, 0.2) is 0 Å². The van der Waals surface area contributed by atoms with E-state index in [-0.39, 0.29) is 12.0 Å². The van der Waals surface area contributed by atoms with E-state index >= 15 is 0 Å². The van der Waals surface area contributed by atoms with E-state index in [1.165, 1.54) is 11.1 Å². The molecule has 1 fully saturated rings. The first-order valence-electron chi connectivity index (χ1n) is 10.1. The highest BCUT2D eigenvalue weighted by molar-refractivity contribution is 5.93. The fraction of sp³-hybridized carbons (Fsp3) is 0.409.